The van der Waals surface area contributed by atoms with E-state index in [9.17, 15) is 9.59 Å². The molecule has 4 nitrogen and oxygen atoms in total. The molecule has 1 aliphatic heterocycles. The number of nitrogens with zero attached hydrogens (tertiary/aromatic N) is 1. The Morgan fingerprint density at radius 2 is 2.17 bits per heavy atom. The van der Waals surface area contributed by atoms with Crippen LogP contribution in [0.3, 0.4) is 0 Å². The molecular weight excluding hydrogens is 156 g/mol. The van der Waals surface area contributed by atoms with Crippen molar-refractivity contribution in [3.63, 3.8) is 0 Å². The predicted molar refractivity (Wildman–Crippen MR) is 44.5 cm³/mol. The van der Waals surface area contributed by atoms with Crippen LogP contribution in [0.1, 0.15) is 6.92 Å². The first-order valence-corrected chi connectivity index (χ1v) is 3.41. The van der Waals surface area contributed by atoms with Crippen LogP contribution >= 0.6 is 0 Å². The van der Waals surface area contributed by atoms with Crippen LogP contribution in [0.15, 0.2) is 29.5 Å². The van der Waals surface area contributed by atoms with Crippen molar-refractivity contribution in [2.24, 2.45) is 4.99 Å². The van der Waals surface area contributed by atoms with Gasteiger partial charge in [0.25, 0.3) is 11.7 Å². The van der Waals surface area contributed by atoms with Crippen molar-refractivity contribution in [2.75, 3.05) is 0 Å². The van der Waals surface area contributed by atoms with Crippen molar-refractivity contribution in [1.82, 2.24) is 5.32 Å². The number of hydrogen-bond donors (Lipinski definition) is 1. The average Bonchev–Trinajstić information content (AvgIpc) is 2.33. The van der Waals surface area contributed by atoms with E-state index in [0.29, 0.717) is 5.70 Å². The molecule has 1 amide bonds. The van der Waals surface area contributed by atoms with Crippen molar-refractivity contribution >= 4 is 17.4 Å². The normalized spacial score (nSPS) is 23.4. The van der Waals surface area contributed by atoms with Crippen LogP contribution in [0.5, 0.6) is 0 Å². The summed E-state index contributed by atoms with van der Waals surface area (Å²) in [4.78, 5) is 25.5. The molecule has 1 saturated heterocycles. The third-order valence-electron chi connectivity index (χ3n) is 1.43. The third kappa shape index (κ3) is 1.18. The molecule has 0 radical (unpaired) electrons. The number of carbonyl (C=O) groups is 2. The molecule has 0 unspecified atom stereocenters. The quantitative estimate of drug-likeness (QED) is 0.562. The summed E-state index contributed by atoms with van der Waals surface area (Å²) < 4.78 is 0. The molecule has 0 aliphatic carbocycles. The molecule has 0 bridgehead atoms. The molecule has 1 aliphatic rings. The molecule has 62 valence electrons. The number of hydrogen-bond acceptors (Lipinski definition) is 3. The Morgan fingerprint density at radius 3 is 2.67 bits per heavy atom. The zero-order chi connectivity index (χ0) is 9.14. The Bertz CT molecular complexity index is 313. The van der Waals surface area contributed by atoms with Gasteiger partial charge in [0, 0.05) is 6.20 Å². The minimum Gasteiger partial charge on any atom is -0.317 e. The molecule has 1 N–H and O–H groups in total. The van der Waals surface area contributed by atoms with Gasteiger partial charge in [-0.15, -0.1) is 0 Å². The number of rotatable bonds is 1. The van der Waals surface area contributed by atoms with Gasteiger partial charge < -0.3 is 5.32 Å². The van der Waals surface area contributed by atoms with E-state index in [-0.39, 0.29) is 5.71 Å². The van der Waals surface area contributed by atoms with Gasteiger partial charge in [-0.2, -0.15) is 0 Å². The fourth-order valence-corrected chi connectivity index (χ4v) is 0.896. The van der Waals surface area contributed by atoms with Crippen LogP contribution in [0, 0.1) is 0 Å². The lowest BCUT2D eigenvalue weighted by Gasteiger charge is -1.92. The van der Waals surface area contributed by atoms with Crippen molar-refractivity contribution in [3.8, 4) is 0 Å². The second-order valence-corrected chi connectivity index (χ2v) is 2.15. The van der Waals surface area contributed by atoms with E-state index in [4.69, 9.17) is 0 Å². The van der Waals surface area contributed by atoms with Gasteiger partial charge in [0.05, 0.1) is 5.70 Å². The highest BCUT2D eigenvalue weighted by Gasteiger charge is 2.31. The summed E-state index contributed by atoms with van der Waals surface area (Å²) in [5, 5.41) is 2.38. The zero-order valence-electron chi connectivity index (χ0n) is 6.63. The van der Waals surface area contributed by atoms with Gasteiger partial charge in [0.2, 0.25) is 0 Å². The Labute approximate surface area is 69.7 Å². The summed E-state index contributed by atoms with van der Waals surface area (Å²) in [5.41, 5.74) is 0.586. The smallest absolute Gasteiger partial charge is 0.298 e. The molecule has 0 atom stereocenters. The first-order valence-electron chi connectivity index (χ1n) is 3.41. The fraction of sp³-hybridized carbons (Fsp3) is 0.125. The van der Waals surface area contributed by atoms with E-state index < -0.39 is 11.7 Å². The van der Waals surface area contributed by atoms with Gasteiger partial charge in [-0.1, -0.05) is 12.7 Å². The Kier molecular flexibility index (Phi) is 2.19. The highest BCUT2D eigenvalue weighted by atomic mass is 16.2. The maximum absolute atomic E-state index is 11.0. The SMILES string of the molecule is C=CN=C1C(=O)C(=O)N/C1=C/C. The molecular formula is C8H8N2O2. The Hall–Kier alpha value is -1.71. The molecule has 1 fully saturated rings. The van der Waals surface area contributed by atoms with Gasteiger partial charge in [-0.05, 0) is 6.92 Å². The third-order valence-corrected chi connectivity index (χ3v) is 1.43. The lowest BCUT2D eigenvalue weighted by atomic mass is 10.2. The highest BCUT2D eigenvalue weighted by Crippen LogP contribution is 2.04. The number of amides is 1. The lowest BCUT2D eigenvalue weighted by molar-refractivity contribution is -0.132. The van der Waals surface area contributed by atoms with Crippen LogP contribution in [0.4, 0.5) is 0 Å². The van der Waals surface area contributed by atoms with Crippen molar-refractivity contribution in [3.05, 3.63) is 24.6 Å². The zero-order valence-corrected chi connectivity index (χ0v) is 6.63. The van der Waals surface area contributed by atoms with Gasteiger partial charge in [-0.3, -0.25) is 14.6 Å². The number of nitrogens with one attached hydrogen (secondary N) is 1. The van der Waals surface area contributed by atoms with Crippen LogP contribution < -0.4 is 5.32 Å². The van der Waals surface area contributed by atoms with Gasteiger partial charge >= 0.3 is 0 Å². The molecule has 0 aromatic heterocycles. The fourth-order valence-electron chi connectivity index (χ4n) is 0.896. The number of carbonyl (C=O) groups excluding carboxylic acids is 2. The maximum Gasteiger partial charge on any atom is 0.298 e. The largest absolute Gasteiger partial charge is 0.317 e. The van der Waals surface area contributed by atoms with Crippen molar-refractivity contribution in [2.45, 2.75) is 6.92 Å². The number of Topliss-reactive ketones (excluding diaryl/α,β-unsaturated/α-hetero) is 1. The molecule has 1 heterocycles. The lowest BCUT2D eigenvalue weighted by Crippen LogP contribution is -2.18. The predicted octanol–water partition coefficient (Wildman–Crippen LogP) is 0.174. The summed E-state index contributed by atoms with van der Waals surface area (Å²) in [6, 6.07) is 0. The van der Waals surface area contributed by atoms with E-state index in [0.717, 1.165) is 0 Å². The Morgan fingerprint density at radius 1 is 1.50 bits per heavy atom. The van der Waals surface area contributed by atoms with E-state index in [2.05, 4.69) is 16.9 Å². The van der Waals surface area contributed by atoms with Crippen molar-refractivity contribution in [1.29, 1.82) is 0 Å². The maximum atomic E-state index is 11.0. The van der Waals surface area contributed by atoms with Crippen LogP contribution in [-0.4, -0.2) is 17.4 Å². The summed E-state index contributed by atoms with van der Waals surface area (Å²) in [7, 11) is 0. The van der Waals surface area contributed by atoms with E-state index in [1.165, 1.54) is 6.20 Å². The van der Waals surface area contributed by atoms with E-state index >= 15 is 0 Å². The van der Waals surface area contributed by atoms with Gasteiger partial charge in [0.15, 0.2) is 0 Å². The summed E-state index contributed by atoms with van der Waals surface area (Å²) in [5.74, 6) is -1.24. The molecule has 0 aromatic rings. The molecule has 4 heteroatoms. The first kappa shape index (κ1) is 8.39. The number of ketones is 1. The summed E-state index contributed by atoms with van der Waals surface area (Å²) >= 11 is 0. The van der Waals surface area contributed by atoms with Crippen LogP contribution in [0.25, 0.3) is 0 Å². The van der Waals surface area contributed by atoms with E-state index in [1.54, 1.807) is 13.0 Å². The highest BCUT2D eigenvalue weighted by molar-refractivity contribution is 6.72. The molecule has 12 heavy (non-hydrogen) atoms. The first-order chi connectivity index (χ1) is 5.70. The standard InChI is InChI=1S/C8H8N2O2/c1-3-5-6(9-4-2)7(11)8(12)10-5/h3-4H,2H2,1H3,(H,10,12)/b5-3+,9-6?. The molecule has 1 rings (SSSR count). The number of allylic oxidation sites excluding steroid dienone is 2. The molecule has 0 aromatic carbocycles. The van der Waals surface area contributed by atoms with Crippen LogP contribution in [-0.2, 0) is 9.59 Å². The summed E-state index contributed by atoms with van der Waals surface area (Å²) in [6.45, 7) is 5.06. The monoisotopic (exact) mass is 164 g/mol. The topological polar surface area (TPSA) is 58.5 Å². The second-order valence-electron chi connectivity index (χ2n) is 2.15. The Balaban J connectivity index is 3.13. The van der Waals surface area contributed by atoms with Crippen molar-refractivity contribution < 1.29 is 9.59 Å². The number of aliphatic imine (C=N–C) groups is 1. The van der Waals surface area contributed by atoms with Crippen LogP contribution in [0.2, 0.25) is 0 Å². The molecule has 0 saturated carbocycles. The second kappa shape index (κ2) is 3.13. The van der Waals surface area contributed by atoms with E-state index in [1.807, 2.05) is 0 Å². The van der Waals surface area contributed by atoms with Gasteiger partial charge in [0.1, 0.15) is 5.71 Å². The average molecular weight is 164 g/mol. The molecule has 0 spiro atoms. The van der Waals surface area contributed by atoms with Gasteiger partial charge in [-0.25, -0.2) is 0 Å². The summed E-state index contributed by atoms with van der Waals surface area (Å²) in [6.07, 6.45) is 2.85. The minimum absolute atomic E-state index is 0.137. The minimum atomic E-state index is -0.635.